The van der Waals surface area contributed by atoms with Gasteiger partial charge >= 0.3 is 0 Å². The van der Waals surface area contributed by atoms with Crippen LogP contribution in [0.1, 0.15) is 51.0 Å². The van der Waals surface area contributed by atoms with E-state index in [9.17, 15) is 4.79 Å². The highest BCUT2D eigenvalue weighted by Crippen LogP contribution is 2.13. The van der Waals surface area contributed by atoms with Crippen LogP contribution in [0.3, 0.4) is 0 Å². The first-order valence-electron chi connectivity index (χ1n) is 11.3. The average Bonchev–Trinajstić information content (AvgIpc) is 3.15. The van der Waals surface area contributed by atoms with E-state index in [1.54, 1.807) is 19.0 Å². The third-order valence-electron chi connectivity index (χ3n) is 5.69. The van der Waals surface area contributed by atoms with Crippen molar-refractivity contribution in [3.8, 4) is 0 Å². The highest BCUT2D eigenvalue weighted by molar-refractivity contribution is 14.0. The number of hydrogen-bond acceptors (Lipinski definition) is 5. The molecule has 1 aromatic rings. The zero-order valence-corrected chi connectivity index (χ0v) is 22.2. The molecule has 8 nitrogen and oxygen atoms in total. The van der Waals surface area contributed by atoms with E-state index in [2.05, 4.69) is 39.1 Å². The van der Waals surface area contributed by atoms with Gasteiger partial charge in [-0.2, -0.15) is 0 Å². The topological polar surface area (TPSA) is 77.2 Å². The van der Waals surface area contributed by atoms with Crippen LogP contribution < -0.4 is 5.32 Å². The molecular formula is C22H41IN6O2. The number of carbonyl (C=O) groups excluding carboxylic acids is 1. The molecule has 1 fully saturated rings. The van der Waals surface area contributed by atoms with Gasteiger partial charge in [-0.15, -0.1) is 24.0 Å². The van der Waals surface area contributed by atoms with Crippen molar-refractivity contribution in [2.45, 2.75) is 53.0 Å². The molecule has 0 bridgehead atoms. The first-order valence-corrected chi connectivity index (χ1v) is 11.3. The molecule has 1 amide bonds. The Kier molecular flexibility index (Phi) is 13.1. The van der Waals surface area contributed by atoms with Gasteiger partial charge in [-0.05, 0) is 19.3 Å². The third kappa shape index (κ3) is 9.76. The van der Waals surface area contributed by atoms with Gasteiger partial charge in [-0.25, -0.2) is 4.99 Å². The monoisotopic (exact) mass is 548 g/mol. The fourth-order valence-corrected chi connectivity index (χ4v) is 3.57. The van der Waals surface area contributed by atoms with Gasteiger partial charge in [-0.1, -0.05) is 38.3 Å². The first kappa shape index (κ1) is 27.7. The predicted octanol–water partition coefficient (Wildman–Crippen LogP) is 2.97. The summed E-state index contributed by atoms with van der Waals surface area (Å²) >= 11 is 0. The van der Waals surface area contributed by atoms with Crippen LogP contribution in [0, 0.1) is 12.8 Å². The summed E-state index contributed by atoms with van der Waals surface area (Å²) in [6.45, 7) is 11.9. The minimum absolute atomic E-state index is 0. The SMILES string of the molecule is CCCCC(CC)CNC(=NCC(=O)N(C)C)N1CCN(Cc2cc(C)on2)CC1.I. The number of amides is 1. The zero-order valence-electron chi connectivity index (χ0n) is 19.9. The Morgan fingerprint density at radius 3 is 2.55 bits per heavy atom. The van der Waals surface area contributed by atoms with E-state index < -0.39 is 0 Å². The number of rotatable bonds is 10. The fraction of sp³-hybridized carbons (Fsp3) is 0.773. The molecule has 0 aromatic carbocycles. The molecule has 1 aliphatic heterocycles. The number of piperazine rings is 1. The number of nitrogens with one attached hydrogen (secondary N) is 1. The van der Waals surface area contributed by atoms with Crippen molar-refractivity contribution in [1.82, 2.24) is 25.2 Å². The molecule has 0 spiro atoms. The molecular weight excluding hydrogens is 507 g/mol. The standard InChI is InChI=1S/C22H40N6O2.HI/c1-6-8-9-19(7-2)15-23-22(24-16-21(29)26(4)5)28-12-10-27(11-13-28)17-20-14-18(3)30-25-20;/h14,19H,6-13,15-17H2,1-5H3,(H,23,24);1H. The third-order valence-corrected chi connectivity index (χ3v) is 5.69. The van der Waals surface area contributed by atoms with Crippen LogP contribution in [-0.2, 0) is 11.3 Å². The van der Waals surface area contributed by atoms with Crippen molar-refractivity contribution >= 4 is 35.8 Å². The lowest BCUT2D eigenvalue weighted by Gasteiger charge is -2.36. The normalized spacial score (nSPS) is 16.0. The van der Waals surface area contributed by atoms with Crippen molar-refractivity contribution in [1.29, 1.82) is 0 Å². The largest absolute Gasteiger partial charge is 0.361 e. The smallest absolute Gasteiger partial charge is 0.243 e. The molecule has 31 heavy (non-hydrogen) atoms. The van der Waals surface area contributed by atoms with E-state index in [1.165, 1.54) is 19.3 Å². The molecule has 1 aliphatic rings. The van der Waals surface area contributed by atoms with Crippen LogP contribution in [0.25, 0.3) is 0 Å². The van der Waals surface area contributed by atoms with Gasteiger partial charge in [0.15, 0.2) is 5.96 Å². The maximum atomic E-state index is 12.1. The summed E-state index contributed by atoms with van der Waals surface area (Å²) in [5.74, 6) is 2.36. The molecule has 1 saturated heterocycles. The van der Waals surface area contributed by atoms with Gasteiger partial charge in [0.1, 0.15) is 12.3 Å². The molecule has 0 radical (unpaired) electrons. The Labute approximate surface area is 204 Å². The van der Waals surface area contributed by atoms with E-state index in [0.29, 0.717) is 5.92 Å². The predicted molar refractivity (Wildman–Crippen MR) is 136 cm³/mol. The molecule has 2 heterocycles. The van der Waals surface area contributed by atoms with Gasteiger partial charge in [0.05, 0.1) is 5.69 Å². The minimum Gasteiger partial charge on any atom is -0.361 e. The van der Waals surface area contributed by atoms with Crippen LogP contribution in [-0.4, -0.2) is 85.1 Å². The number of nitrogens with zero attached hydrogens (tertiary/aromatic N) is 5. The lowest BCUT2D eigenvalue weighted by molar-refractivity contribution is -0.127. The van der Waals surface area contributed by atoms with Gasteiger partial charge in [0.2, 0.25) is 5.91 Å². The molecule has 0 saturated carbocycles. The van der Waals surface area contributed by atoms with Crippen LogP contribution >= 0.6 is 24.0 Å². The lowest BCUT2D eigenvalue weighted by atomic mass is 9.99. The molecule has 9 heteroatoms. The second kappa shape index (κ2) is 14.7. The van der Waals surface area contributed by atoms with Crippen molar-refractivity contribution in [2.24, 2.45) is 10.9 Å². The van der Waals surface area contributed by atoms with Crippen molar-refractivity contribution in [2.75, 3.05) is 53.4 Å². The van der Waals surface area contributed by atoms with Gasteiger partial charge in [0.25, 0.3) is 0 Å². The Balaban J connectivity index is 0.00000480. The summed E-state index contributed by atoms with van der Waals surface area (Å²) < 4.78 is 5.18. The molecule has 2 rings (SSSR count). The van der Waals surface area contributed by atoms with Crippen molar-refractivity contribution in [3.63, 3.8) is 0 Å². The lowest BCUT2D eigenvalue weighted by Crippen LogP contribution is -2.53. The molecule has 1 atom stereocenters. The number of aryl methyl sites for hydroxylation is 1. The summed E-state index contributed by atoms with van der Waals surface area (Å²) in [5, 5.41) is 7.67. The van der Waals surface area contributed by atoms with Crippen LogP contribution in [0.2, 0.25) is 0 Å². The number of halogens is 1. The second-order valence-electron chi connectivity index (χ2n) is 8.42. The number of unbranched alkanes of at least 4 members (excludes halogenated alkanes) is 1. The van der Waals surface area contributed by atoms with E-state index in [0.717, 1.165) is 63.1 Å². The summed E-state index contributed by atoms with van der Waals surface area (Å²) in [6.07, 6.45) is 4.87. The van der Waals surface area contributed by atoms with Gasteiger partial charge in [-0.3, -0.25) is 9.69 Å². The summed E-state index contributed by atoms with van der Waals surface area (Å²) in [6, 6.07) is 1.99. The number of hydrogen-bond donors (Lipinski definition) is 1. The highest BCUT2D eigenvalue weighted by atomic mass is 127. The summed E-state index contributed by atoms with van der Waals surface area (Å²) in [7, 11) is 3.54. The number of guanidine groups is 1. The molecule has 1 unspecified atom stereocenters. The maximum absolute atomic E-state index is 12.1. The Hall–Kier alpha value is -1.36. The number of aromatic nitrogens is 1. The van der Waals surface area contributed by atoms with Crippen LogP contribution in [0.4, 0.5) is 0 Å². The van der Waals surface area contributed by atoms with Crippen molar-refractivity contribution in [3.05, 3.63) is 17.5 Å². The van der Waals surface area contributed by atoms with Gasteiger partial charge < -0.3 is 19.6 Å². The Bertz CT molecular complexity index is 671. The van der Waals surface area contributed by atoms with E-state index in [-0.39, 0.29) is 36.4 Å². The molecule has 1 aromatic heterocycles. The highest BCUT2D eigenvalue weighted by Gasteiger charge is 2.21. The Morgan fingerprint density at radius 1 is 1.29 bits per heavy atom. The molecule has 1 N–H and O–H groups in total. The van der Waals surface area contributed by atoms with Crippen LogP contribution in [0.15, 0.2) is 15.6 Å². The average molecular weight is 549 g/mol. The maximum Gasteiger partial charge on any atom is 0.243 e. The fourth-order valence-electron chi connectivity index (χ4n) is 3.57. The number of aliphatic imine (C=N–C) groups is 1. The number of likely N-dealkylation sites (N-methyl/N-ethyl adjacent to an activating group) is 1. The zero-order chi connectivity index (χ0) is 21.9. The second-order valence-corrected chi connectivity index (χ2v) is 8.42. The first-order chi connectivity index (χ1) is 14.4. The van der Waals surface area contributed by atoms with Gasteiger partial charge in [0, 0.05) is 59.4 Å². The van der Waals surface area contributed by atoms with Crippen molar-refractivity contribution < 1.29 is 9.32 Å². The molecule has 178 valence electrons. The summed E-state index contributed by atoms with van der Waals surface area (Å²) in [5.41, 5.74) is 0.978. The number of carbonyl (C=O) groups is 1. The summed E-state index contributed by atoms with van der Waals surface area (Å²) in [4.78, 5) is 23.0. The molecule has 0 aliphatic carbocycles. The van der Waals surface area contributed by atoms with E-state index >= 15 is 0 Å². The quantitative estimate of drug-likeness (QED) is 0.275. The van der Waals surface area contributed by atoms with Crippen LogP contribution in [0.5, 0.6) is 0 Å². The Morgan fingerprint density at radius 2 is 2.00 bits per heavy atom. The van der Waals surface area contributed by atoms with E-state index in [1.807, 2.05) is 13.0 Å². The van der Waals surface area contributed by atoms with E-state index in [4.69, 9.17) is 4.52 Å². The minimum atomic E-state index is 0.